The van der Waals surface area contributed by atoms with Gasteiger partial charge in [-0.15, -0.1) is 0 Å². The minimum absolute atomic E-state index is 0.313. The summed E-state index contributed by atoms with van der Waals surface area (Å²) in [5.74, 6) is -0.927. The van der Waals surface area contributed by atoms with Crippen molar-refractivity contribution in [2.24, 2.45) is 5.73 Å². The number of carbonyl (C=O) groups excluding carboxylic acids is 1. The second-order valence-corrected chi connectivity index (χ2v) is 4.27. The van der Waals surface area contributed by atoms with E-state index in [1.807, 2.05) is 6.92 Å². The van der Waals surface area contributed by atoms with Crippen molar-refractivity contribution in [1.29, 1.82) is 0 Å². The summed E-state index contributed by atoms with van der Waals surface area (Å²) in [4.78, 5) is 11.0. The summed E-state index contributed by atoms with van der Waals surface area (Å²) >= 11 is 0. The van der Waals surface area contributed by atoms with Crippen molar-refractivity contribution in [2.75, 3.05) is 11.1 Å². The predicted octanol–water partition coefficient (Wildman–Crippen LogP) is 2.56. The first-order valence-corrected chi connectivity index (χ1v) is 5.70. The van der Waals surface area contributed by atoms with Crippen LogP contribution in [-0.4, -0.2) is 5.91 Å². The van der Waals surface area contributed by atoms with Crippen LogP contribution in [0.25, 0.3) is 0 Å². The van der Waals surface area contributed by atoms with Crippen molar-refractivity contribution >= 4 is 23.0 Å². The maximum atomic E-state index is 13.6. The fourth-order valence-corrected chi connectivity index (χ4v) is 1.71. The number of anilines is 3. The molecule has 5 heteroatoms. The molecule has 0 saturated heterocycles. The third-order valence-corrected chi connectivity index (χ3v) is 2.73. The van der Waals surface area contributed by atoms with Crippen LogP contribution in [0.4, 0.5) is 21.5 Å². The summed E-state index contributed by atoms with van der Waals surface area (Å²) in [6.45, 7) is 1.87. The topological polar surface area (TPSA) is 81.1 Å². The molecule has 1 amide bonds. The third-order valence-electron chi connectivity index (χ3n) is 2.73. The second kappa shape index (κ2) is 4.97. The fourth-order valence-electron chi connectivity index (χ4n) is 1.71. The van der Waals surface area contributed by atoms with E-state index < -0.39 is 5.91 Å². The highest BCUT2D eigenvalue weighted by atomic mass is 19.1. The van der Waals surface area contributed by atoms with E-state index in [9.17, 15) is 9.18 Å². The van der Waals surface area contributed by atoms with Crippen LogP contribution >= 0.6 is 0 Å². The molecule has 0 aliphatic heterocycles. The van der Waals surface area contributed by atoms with Gasteiger partial charge in [-0.2, -0.15) is 0 Å². The Morgan fingerprint density at radius 3 is 2.53 bits per heavy atom. The molecule has 0 unspecified atom stereocenters. The Hall–Kier alpha value is -2.56. The number of primary amides is 1. The summed E-state index contributed by atoms with van der Waals surface area (Å²) in [6.07, 6.45) is 0. The van der Waals surface area contributed by atoms with Crippen molar-refractivity contribution in [2.45, 2.75) is 6.92 Å². The van der Waals surface area contributed by atoms with Gasteiger partial charge in [-0.05, 0) is 42.8 Å². The van der Waals surface area contributed by atoms with Gasteiger partial charge >= 0.3 is 0 Å². The lowest BCUT2D eigenvalue weighted by atomic mass is 10.1. The van der Waals surface area contributed by atoms with Gasteiger partial charge in [-0.25, -0.2) is 4.39 Å². The van der Waals surface area contributed by atoms with Gasteiger partial charge in [0.1, 0.15) is 5.82 Å². The van der Waals surface area contributed by atoms with Gasteiger partial charge in [0.15, 0.2) is 0 Å². The van der Waals surface area contributed by atoms with E-state index in [1.54, 1.807) is 18.2 Å². The maximum absolute atomic E-state index is 13.6. The van der Waals surface area contributed by atoms with Gasteiger partial charge in [0.05, 0.1) is 17.1 Å². The molecule has 0 spiro atoms. The fraction of sp³-hybridized carbons (Fsp3) is 0.0714. The average Bonchev–Trinajstić information content (AvgIpc) is 2.36. The van der Waals surface area contributed by atoms with Gasteiger partial charge in [0.2, 0.25) is 5.91 Å². The Kier molecular flexibility index (Phi) is 3.37. The zero-order valence-corrected chi connectivity index (χ0v) is 10.4. The van der Waals surface area contributed by atoms with E-state index in [4.69, 9.17) is 11.5 Å². The second-order valence-electron chi connectivity index (χ2n) is 4.27. The smallest absolute Gasteiger partial charge is 0.248 e. The number of hydrogen-bond donors (Lipinski definition) is 3. The van der Waals surface area contributed by atoms with Crippen molar-refractivity contribution < 1.29 is 9.18 Å². The first-order valence-electron chi connectivity index (χ1n) is 5.70. The zero-order valence-electron chi connectivity index (χ0n) is 10.4. The molecule has 2 rings (SSSR count). The van der Waals surface area contributed by atoms with E-state index in [0.29, 0.717) is 22.6 Å². The molecule has 5 N–H and O–H groups in total. The quantitative estimate of drug-likeness (QED) is 0.741. The number of nitrogen functional groups attached to an aromatic ring is 1. The molecule has 4 nitrogen and oxygen atoms in total. The van der Waals surface area contributed by atoms with Crippen LogP contribution in [0.3, 0.4) is 0 Å². The molecule has 2 aromatic rings. The summed E-state index contributed by atoms with van der Waals surface area (Å²) in [6, 6.07) is 9.33. The summed E-state index contributed by atoms with van der Waals surface area (Å²) < 4.78 is 13.6. The highest BCUT2D eigenvalue weighted by molar-refractivity contribution is 5.95. The molecular weight excluding hydrogens is 245 g/mol. The van der Waals surface area contributed by atoms with Gasteiger partial charge in [0, 0.05) is 5.56 Å². The number of amides is 1. The lowest BCUT2D eigenvalue weighted by Crippen LogP contribution is -2.11. The normalized spacial score (nSPS) is 10.2. The van der Waals surface area contributed by atoms with Crippen LogP contribution in [0.1, 0.15) is 15.9 Å². The standard InChI is InChI=1S/C14H14FN3O/c1-8-2-4-10(15)13(6-8)18-12-5-3-9(14(17)19)7-11(12)16/h2-7,18H,16H2,1H3,(H2,17,19). The molecule has 2 aromatic carbocycles. The van der Waals surface area contributed by atoms with Crippen LogP contribution in [0.2, 0.25) is 0 Å². The number of aryl methyl sites for hydroxylation is 1. The Balaban J connectivity index is 2.33. The number of halogens is 1. The number of benzene rings is 2. The van der Waals surface area contributed by atoms with Crippen LogP contribution in [0.5, 0.6) is 0 Å². The number of carbonyl (C=O) groups is 1. The Morgan fingerprint density at radius 1 is 1.16 bits per heavy atom. The van der Waals surface area contributed by atoms with Gasteiger partial charge in [-0.3, -0.25) is 4.79 Å². The Bertz CT molecular complexity index is 641. The van der Waals surface area contributed by atoms with Crippen LogP contribution < -0.4 is 16.8 Å². The minimum atomic E-state index is -0.556. The Morgan fingerprint density at radius 2 is 1.89 bits per heavy atom. The highest BCUT2D eigenvalue weighted by Gasteiger charge is 2.07. The first kappa shape index (κ1) is 12.9. The van der Waals surface area contributed by atoms with Crippen LogP contribution in [0.15, 0.2) is 36.4 Å². The lowest BCUT2D eigenvalue weighted by Gasteiger charge is -2.11. The van der Waals surface area contributed by atoms with E-state index in [1.165, 1.54) is 18.2 Å². The summed E-state index contributed by atoms with van der Waals surface area (Å²) in [5, 5.41) is 2.90. The number of rotatable bonds is 3. The number of hydrogen-bond acceptors (Lipinski definition) is 3. The average molecular weight is 259 g/mol. The summed E-state index contributed by atoms with van der Waals surface area (Å²) in [5.41, 5.74) is 13.4. The van der Waals surface area contributed by atoms with E-state index in [0.717, 1.165) is 5.56 Å². The molecule has 0 atom stereocenters. The molecule has 0 heterocycles. The summed E-state index contributed by atoms with van der Waals surface area (Å²) in [7, 11) is 0. The molecule has 0 bridgehead atoms. The largest absolute Gasteiger partial charge is 0.397 e. The SMILES string of the molecule is Cc1ccc(F)c(Nc2ccc(C(N)=O)cc2N)c1. The van der Waals surface area contributed by atoms with Crippen molar-refractivity contribution in [3.05, 3.63) is 53.3 Å². The molecular formula is C14H14FN3O. The monoisotopic (exact) mass is 259 g/mol. The molecule has 0 aliphatic carbocycles. The molecule has 0 fully saturated rings. The number of nitrogens with two attached hydrogens (primary N) is 2. The molecule has 0 aliphatic rings. The van der Waals surface area contributed by atoms with Crippen molar-refractivity contribution in [3.63, 3.8) is 0 Å². The Labute approximate surface area is 110 Å². The van der Waals surface area contributed by atoms with Gasteiger partial charge in [-0.1, -0.05) is 6.07 Å². The number of nitrogens with one attached hydrogen (secondary N) is 1. The highest BCUT2D eigenvalue weighted by Crippen LogP contribution is 2.26. The molecule has 98 valence electrons. The molecule has 19 heavy (non-hydrogen) atoms. The molecule has 0 radical (unpaired) electrons. The van der Waals surface area contributed by atoms with E-state index in [-0.39, 0.29) is 5.82 Å². The van der Waals surface area contributed by atoms with Crippen LogP contribution in [-0.2, 0) is 0 Å². The van der Waals surface area contributed by atoms with Gasteiger partial charge in [0.25, 0.3) is 0 Å². The van der Waals surface area contributed by atoms with Crippen molar-refractivity contribution in [1.82, 2.24) is 0 Å². The first-order chi connectivity index (χ1) is 8.97. The predicted molar refractivity (Wildman–Crippen MR) is 73.8 cm³/mol. The molecule has 0 aromatic heterocycles. The van der Waals surface area contributed by atoms with Gasteiger partial charge < -0.3 is 16.8 Å². The van der Waals surface area contributed by atoms with E-state index in [2.05, 4.69) is 5.32 Å². The lowest BCUT2D eigenvalue weighted by molar-refractivity contribution is 0.100. The zero-order chi connectivity index (χ0) is 14.0. The maximum Gasteiger partial charge on any atom is 0.248 e. The van der Waals surface area contributed by atoms with E-state index >= 15 is 0 Å². The third kappa shape index (κ3) is 2.82. The van der Waals surface area contributed by atoms with Crippen molar-refractivity contribution in [3.8, 4) is 0 Å². The minimum Gasteiger partial charge on any atom is -0.397 e. The van der Waals surface area contributed by atoms with Crippen LogP contribution in [0, 0.1) is 12.7 Å². The molecule has 0 saturated carbocycles.